The number of nitrogens with zero attached hydrogens (tertiary/aromatic N) is 3. The SMILES string of the molecule is CC1=NC(N)=C(CN2CC=C(c3cccc(Cl)n3)CC2)CN1. The van der Waals surface area contributed by atoms with Gasteiger partial charge in [0.25, 0.3) is 0 Å². The smallest absolute Gasteiger partial charge is 0.129 e. The lowest BCUT2D eigenvalue weighted by Crippen LogP contribution is -2.37. The molecule has 2 aliphatic heterocycles. The minimum atomic E-state index is 0.542. The number of aliphatic imine (C=N–C) groups is 1. The van der Waals surface area contributed by atoms with Crippen LogP contribution in [0.3, 0.4) is 0 Å². The van der Waals surface area contributed by atoms with E-state index in [9.17, 15) is 0 Å². The van der Waals surface area contributed by atoms with Crippen molar-refractivity contribution in [3.63, 3.8) is 0 Å². The highest BCUT2D eigenvalue weighted by molar-refractivity contribution is 6.29. The van der Waals surface area contributed by atoms with Crippen LogP contribution >= 0.6 is 11.6 Å². The van der Waals surface area contributed by atoms with Crippen molar-refractivity contribution in [1.82, 2.24) is 15.2 Å². The van der Waals surface area contributed by atoms with E-state index in [1.54, 1.807) is 6.07 Å². The number of halogens is 1. The van der Waals surface area contributed by atoms with Gasteiger partial charge in [-0.05, 0) is 31.1 Å². The summed E-state index contributed by atoms with van der Waals surface area (Å²) in [4.78, 5) is 11.0. The van der Waals surface area contributed by atoms with Gasteiger partial charge >= 0.3 is 0 Å². The number of hydrogen-bond donors (Lipinski definition) is 2. The third-order valence-corrected chi connectivity index (χ3v) is 4.17. The summed E-state index contributed by atoms with van der Waals surface area (Å²) >= 11 is 5.96. The van der Waals surface area contributed by atoms with Crippen LogP contribution in [-0.2, 0) is 0 Å². The van der Waals surface area contributed by atoms with Crippen molar-refractivity contribution in [2.45, 2.75) is 13.3 Å². The lowest BCUT2D eigenvalue weighted by atomic mass is 10.0. The number of pyridine rings is 1. The number of nitrogens with two attached hydrogens (primary N) is 1. The Morgan fingerprint density at radius 3 is 2.95 bits per heavy atom. The molecule has 3 heterocycles. The zero-order valence-corrected chi connectivity index (χ0v) is 13.4. The van der Waals surface area contributed by atoms with E-state index in [0.29, 0.717) is 11.0 Å². The first-order valence-corrected chi connectivity index (χ1v) is 7.80. The normalized spacial score (nSPS) is 19.5. The first kappa shape index (κ1) is 15.1. The summed E-state index contributed by atoms with van der Waals surface area (Å²) in [5.41, 5.74) is 9.40. The summed E-state index contributed by atoms with van der Waals surface area (Å²) in [6.45, 7) is 5.44. The van der Waals surface area contributed by atoms with Crippen LogP contribution in [0.1, 0.15) is 19.0 Å². The molecule has 0 amide bonds. The average molecular weight is 318 g/mol. The van der Waals surface area contributed by atoms with Crippen molar-refractivity contribution in [3.05, 3.63) is 46.5 Å². The second kappa shape index (κ2) is 6.50. The second-order valence-corrected chi connectivity index (χ2v) is 5.99. The predicted molar refractivity (Wildman–Crippen MR) is 90.6 cm³/mol. The van der Waals surface area contributed by atoms with Gasteiger partial charge in [0, 0.05) is 31.8 Å². The minimum Gasteiger partial charge on any atom is -0.384 e. The van der Waals surface area contributed by atoms with Crippen molar-refractivity contribution in [3.8, 4) is 0 Å². The standard InChI is InChI=1S/C16H20ClN5/c1-11-19-9-13(16(18)20-11)10-22-7-5-12(6-8-22)14-3-2-4-15(17)21-14/h2-5H,6-10,18H2,1H3,(H,19,20). The number of aromatic nitrogens is 1. The first-order valence-electron chi connectivity index (χ1n) is 7.43. The van der Waals surface area contributed by atoms with Gasteiger partial charge in [-0.2, -0.15) is 0 Å². The Balaban J connectivity index is 1.65. The summed E-state index contributed by atoms with van der Waals surface area (Å²) in [5.74, 6) is 1.54. The number of nitrogens with one attached hydrogen (secondary N) is 1. The molecule has 3 rings (SSSR count). The molecular weight excluding hydrogens is 298 g/mol. The third-order valence-electron chi connectivity index (χ3n) is 3.96. The van der Waals surface area contributed by atoms with Crippen LogP contribution in [0.2, 0.25) is 5.15 Å². The van der Waals surface area contributed by atoms with Gasteiger partial charge in [-0.25, -0.2) is 9.98 Å². The fourth-order valence-corrected chi connectivity index (χ4v) is 2.87. The highest BCUT2D eigenvalue weighted by atomic mass is 35.5. The Kier molecular flexibility index (Phi) is 4.45. The van der Waals surface area contributed by atoms with E-state index in [-0.39, 0.29) is 0 Å². The number of rotatable bonds is 3. The molecule has 0 spiro atoms. The maximum absolute atomic E-state index is 6.01. The van der Waals surface area contributed by atoms with Crippen molar-refractivity contribution >= 4 is 23.0 Å². The van der Waals surface area contributed by atoms with Gasteiger partial charge in [-0.1, -0.05) is 23.7 Å². The molecular formula is C16H20ClN5. The Labute approximate surface area is 135 Å². The van der Waals surface area contributed by atoms with Gasteiger partial charge in [0.05, 0.1) is 5.69 Å². The molecule has 1 aromatic rings. The fraction of sp³-hybridized carbons (Fsp3) is 0.375. The Morgan fingerprint density at radius 1 is 1.41 bits per heavy atom. The van der Waals surface area contributed by atoms with E-state index < -0.39 is 0 Å². The maximum Gasteiger partial charge on any atom is 0.129 e. The molecule has 0 radical (unpaired) electrons. The van der Waals surface area contributed by atoms with E-state index in [1.807, 2.05) is 19.1 Å². The van der Waals surface area contributed by atoms with Gasteiger partial charge in [-0.3, -0.25) is 4.90 Å². The van der Waals surface area contributed by atoms with Crippen molar-refractivity contribution in [2.24, 2.45) is 10.7 Å². The summed E-state index contributed by atoms with van der Waals surface area (Å²) in [6.07, 6.45) is 3.19. The third kappa shape index (κ3) is 3.48. The lowest BCUT2D eigenvalue weighted by Gasteiger charge is -2.28. The Hall–Kier alpha value is -1.85. The van der Waals surface area contributed by atoms with E-state index >= 15 is 0 Å². The zero-order valence-electron chi connectivity index (χ0n) is 12.6. The molecule has 0 aromatic carbocycles. The molecule has 0 saturated carbocycles. The quantitative estimate of drug-likeness (QED) is 0.837. The van der Waals surface area contributed by atoms with Crippen LogP contribution in [0.4, 0.5) is 0 Å². The highest BCUT2D eigenvalue weighted by Gasteiger charge is 2.17. The maximum atomic E-state index is 6.01. The molecule has 1 aromatic heterocycles. The molecule has 3 N–H and O–H groups in total. The predicted octanol–water partition coefficient (Wildman–Crippen LogP) is 2.02. The summed E-state index contributed by atoms with van der Waals surface area (Å²) in [5, 5.41) is 3.78. The number of amidine groups is 1. The summed E-state index contributed by atoms with van der Waals surface area (Å²) in [7, 11) is 0. The van der Waals surface area contributed by atoms with Crippen LogP contribution in [0.15, 0.2) is 40.7 Å². The van der Waals surface area contributed by atoms with Crippen LogP contribution < -0.4 is 11.1 Å². The molecule has 2 aliphatic rings. The first-order chi connectivity index (χ1) is 10.6. The van der Waals surface area contributed by atoms with Gasteiger partial charge in [0.1, 0.15) is 16.8 Å². The summed E-state index contributed by atoms with van der Waals surface area (Å²) in [6, 6.07) is 5.75. The van der Waals surface area contributed by atoms with E-state index in [1.165, 1.54) is 5.57 Å². The zero-order chi connectivity index (χ0) is 15.5. The van der Waals surface area contributed by atoms with E-state index in [4.69, 9.17) is 17.3 Å². The van der Waals surface area contributed by atoms with Gasteiger partial charge < -0.3 is 11.1 Å². The molecule has 22 heavy (non-hydrogen) atoms. The van der Waals surface area contributed by atoms with Crippen molar-refractivity contribution < 1.29 is 0 Å². The van der Waals surface area contributed by atoms with Crippen molar-refractivity contribution in [2.75, 3.05) is 26.2 Å². The lowest BCUT2D eigenvalue weighted by molar-refractivity contribution is 0.323. The van der Waals surface area contributed by atoms with E-state index in [2.05, 4.69) is 26.3 Å². The molecule has 116 valence electrons. The van der Waals surface area contributed by atoms with Gasteiger partial charge in [0.15, 0.2) is 0 Å². The second-order valence-electron chi connectivity index (χ2n) is 5.60. The van der Waals surface area contributed by atoms with Gasteiger partial charge in [0.2, 0.25) is 0 Å². The fourth-order valence-electron chi connectivity index (χ4n) is 2.71. The van der Waals surface area contributed by atoms with Crippen LogP contribution in [0.5, 0.6) is 0 Å². The largest absolute Gasteiger partial charge is 0.384 e. The molecule has 5 nitrogen and oxygen atoms in total. The Morgan fingerprint density at radius 2 is 2.27 bits per heavy atom. The number of hydrogen-bond acceptors (Lipinski definition) is 5. The summed E-state index contributed by atoms with van der Waals surface area (Å²) < 4.78 is 0. The van der Waals surface area contributed by atoms with Crippen LogP contribution in [0.25, 0.3) is 5.57 Å². The molecule has 0 unspecified atom stereocenters. The molecule has 0 fully saturated rings. The highest BCUT2D eigenvalue weighted by Crippen LogP contribution is 2.22. The average Bonchev–Trinajstić information content (AvgIpc) is 2.51. The van der Waals surface area contributed by atoms with Crippen LogP contribution in [-0.4, -0.2) is 41.9 Å². The minimum absolute atomic E-state index is 0.542. The topological polar surface area (TPSA) is 66.5 Å². The molecule has 0 aliphatic carbocycles. The molecule has 6 heteroatoms. The monoisotopic (exact) mass is 317 g/mol. The van der Waals surface area contributed by atoms with Gasteiger partial charge in [-0.15, -0.1) is 0 Å². The van der Waals surface area contributed by atoms with E-state index in [0.717, 1.165) is 49.7 Å². The molecule has 0 saturated heterocycles. The molecule has 0 atom stereocenters. The Bertz CT molecular complexity index is 662. The van der Waals surface area contributed by atoms with Crippen molar-refractivity contribution in [1.29, 1.82) is 0 Å². The molecule has 0 bridgehead atoms. The van der Waals surface area contributed by atoms with Crippen LogP contribution in [0, 0.1) is 0 Å².